The Morgan fingerprint density at radius 3 is 2.58 bits per heavy atom. The highest BCUT2D eigenvalue weighted by Crippen LogP contribution is 2.09. The Hall–Kier alpha value is -1.12. The van der Waals surface area contributed by atoms with Crippen molar-refractivity contribution in [3.63, 3.8) is 0 Å². The molecule has 0 radical (unpaired) electrons. The van der Waals surface area contributed by atoms with Gasteiger partial charge in [0.2, 0.25) is 0 Å². The minimum absolute atomic E-state index is 0.409. The molecule has 0 fully saturated rings. The maximum atomic E-state index is 4.23. The third-order valence-corrected chi connectivity index (χ3v) is 1.53. The van der Waals surface area contributed by atoms with E-state index in [1.165, 1.54) is 0 Å². The molecule has 3 nitrogen and oxygen atoms in total. The highest BCUT2D eigenvalue weighted by atomic mass is 15.0. The fourth-order valence-electron chi connectivity index (χ4n) is 1.02. The van der Waals surface area contributed by atoms with Crippen LogP contribution in [0.4, 0.5) is 5.82 Å². The van der Waals surface area contributed by atoms with E-state index in [-0.39, 0.29) is 0 Å². The van der Waals surface area contributed by atoms with Gasteiger partial charge in [-0.05, 0) is 20.3 Å². The van der Waals surface area contributed by atoms with Crippen LogP contribution in [0.15, 0.2) is 12.4 Å². The largest absolute Gasteiger partial charge is 0.366 e. The van der Waals surface area contributed by atoms with E-state index in [1.54, 1.807) is 12.4 Å². The standard InChI is InChI=1S/C9H15N3/c1-4-8-9(12-7(2)3)11-6-5-10-8/h5-7H,4H2,1-3H3,(H,11,12). The molecule has 0 spiro atoms. The van der Waals surface area contributed by atoms with Crippen LogP contribution in [0.25, 0.3) is 0 Å². The molecule has 0 saturated carbocycles. The van der Waals surface area contributed by atoms with Gasteiger partial charge in [0, 0.05) is 18.4 Å². The molecule has 1 aromatic heterocycles. The predicted octanol–water partition coefficient (Wildman–Crippen LogP) is 1.86. The summed E-state index contributed by atoms with van der Waals surface area (Å²) < 4.78 is 0. The maximum Gasteiger partial charge on any atom is 0.147 e. The summed E-state index contributed by atoms with van der Waals surface area (Å²) in [4.78, 5) is 8.44. The van der Waals surface area contributed by atoms with E-state index in [0.717, 1.165) is 17.9 Å². The van der Waals surface area contributed by atoms with E-state index >= 15 is 0 Å². The number of nitrogens with zero attached hydrogens (tertiary/aromatic N) is 2. The Balaban J connectivity index is 2.82. The lowest BCUT2D eigenvalue weighted by Crippen LogP contribution is -2.13. The molecular weight excluding hydrogens is 150 g/mol. The number of hydrogen-bond acceptors (Lipinski definition) is 3. The van der Waals surface area contributed by atoms with Gasteiger partial charge in [-0.3, -0.25) is 4.98 Å². The van der Waals surface area contributed by atoms with E-state index in [4.69, 9.17) is 0 Å². The van der Waals surface area contributed by atoms with Gasteiger partial charge in [-0.1, -0.05) is 6.92 Å². The van der Waals surface area contributed by atoms with Crippen molar-refractivity contribution in [2.24, 2.45) is 0 Å². The van der Waals surface area contributed by atoms with Crippen LogP contribution in [0.5, 0.6) is 0 Å². The SMILES string of the molecule is CCc1nccnc1NC(C)C. The molecule has 0 saturated heterocycles. The second kappa shape index (κ2) is 4.04. The van der Waals surface area contributed by atoms with E-state index in [0.29, 0.717) is 6.04 Å². The van der Waals surface area contributed by atoms with Crippen molar-refractivity contribution in [2.45, 2.75) is 33.2 Å². The molecule has 0 bridgehead atoms. The van der Waals surface area contributed by atoms with Crippen LogP contribution in [-0.4, -0.2) is 16.0 Å². The number of anilines is 1. The Kier molecular flexibility index (Phi) is 3.02. The summed E-state index contributed by atoms with van der Waals surface area (Å²) in [6.45, 7) is 6.26. The molecule has 3 heteroatoms. The Morgan fingerprint density at radius 2 is 2.00 bits per heavy atom. The molecule has 1 rings (SSSR count). The normalized spacial score (nSPS) is 10.3. The molecular formula is C9H15N3. The molecule has 0 unspecified atom stereocenters. The summed E-state index contributed by atoms with van der Waals surface area (Å²) in [5.74, 6) is 0.912. The zero-order chi connectivity index (χ0) is 8.97. The van der Waals surface area contributed by atoms with Crippen LogP contribution in [0, 0.1) is 0 Å². The third kappa shape index (κ3) is 2.19. The topological polar surface area (TPSA) is 37.8 Å². The summed E-state index contributed by atoms with van der Waals surface area (Å²) in [5, 5.41) is 3.25. The van der Waals surface area contributed by atoms with Gasteiger partial charge < -0.3 is 5.32 Å². The smallest absolute Gasteiger partial charge is 0.147 e. The van der Waals surface area contributed by atoms with Crippen molar-refractivity contribution in [2.75, 3.05) is 5.32 Å². The minimum atomic E-state index is 0.409. The van der Waals surface area contributed by atoms with Crippen LogP contribution in [0.3, 0.4) is 0 Å². The number of aryl methyl sites for hydroxylation is 1. The van der Waals surface area contributed by atoms with Gasteiger partial charge in [0.25, 0.3) is 0 Å². The number of aromatic nitrogens is 2. The molecule has 0 atom stereocenters. The Morgan fingerprint density at radius 1 is 1.33 bits per heavy atom. The van der Waals surface area contributed by atoms with Gasteiger partial charge >= 0.3 is 0 Å². The van der Waals surface area contributed by atoms with Gasteiger partial charge in [-0.2, -0.15) is 0 Å². The summed E-state index contributed by atoms with van der Waals surface area (Å²) in [6.07, 6.45) is 4.36. The molecule has 1 aromatic rings. The Labute approximate surface area is 73.2 Å². The quantitative estimate of drug-likeness (QED) is 0.742. The van der Waals surface area contributed by atoms with E-state index in [1.807, 2.05) is 0 Å². The van der Waals surface area contributed by atoms with Crippen LogP contribution >= 0.6 is 0 Å². The van der Waals surface area contributed by atoms with Gasteiger partial charge in [-0.15, -0.1) is 0 Å². The van der Waals surface area contributed by atoms with Crippen molar-refractivity contribution >= 4 is 5.82 Å². The number of rotatable bonds is 3. The molecule has 12 heavy (non-hydrogen) atoms. The third-order valence-electron chi connectivity index (χ3n) is 1.53. The second-order valence-corrected chi connectivity index (χ2v) is 3.00. The van der Waals surface area contributed by atoms with Crippen molar-refractivity contribution < 1.29 is 0 Å². The predicted molar refractivity (Wildman–Crippen MR) is 50.2 cm³/mol. The van der Waals surface area contributed by atoms with Crippen molar-refractivity contribution in [3.8, 4) is 0 Å². The zero-order valence-electron chi connectivity index (χ0n) is 7.83. The first kappa shape index (κ1) is 8.97. The number of nitrogens with one attached hydrogen (secondary N) is 1. The first-order valence-corrected chi connectivity index (χ1v) is 4.30. The lowest BCUT2D eigenvalue weighted by atomic mass is 10.3. The molecule has 66 valence electrons. The molecule has 0 amide bonds. The first-order chi connectivity index (χ1) is 5.74. The van der Waals surface area contributed by atoms with Crippen LogP contribution < -0.4 is 5.32 Å². The van der Waals surface area contributed by atoms with Gasteiger partial charge in [0.15, 0.2) is 0 Å². The van der Waals surface area contributed by atoms with E-state index in [9.17, 15) is 0 Å². The average molecular weight is 165 g/mol. The summed E-state index contributed by atoms with van der Waals surface area (Å²) in [5.41, 5.74) is 1.03. The van der Waals surface area contributed by atoms with Gasteiger partial charge in [0.05, 0.1) is 5.69 Å². The van der Waals surface area contributed by atoms with E-state index < -0.39 is 0 Å². The van der Waals surface area contributed by atoms with Gasteiger partial charge in [0.1, 0.15) is 5.82 Å². The van der Waals surface area contributed by atoms with Crippen molar-refractivity contribution in [1.82, 2.24) is 9.97 Å². The highest BCUT2D eigenvalue weighted by molar-refractivity contribution is 5.39. The molecule has 0 aliphatic carbocycles. The van der Waals surface area contributed by atoms with Crippen molar-refractivity contribution in [3.05, 3.63) is 18.1 Å². The second-order valence-electron chi connectivity index (χ2n) is 3.00. The monoisotopic (exact) mass is 165 g/mol. The molecule has 0 aliphatic heterocycles. The fourth-order valence-corrected chi connectivity index (χ4v) is 1.02. The average Bonchev–Trinajstić information content (AvgIpc) is 2.04. The molecule has 0 aromatic carbocycles. The van der Waals surface area contributed by atoms with Crippen molar-refractivity contribution in [1.29, 1.82) is 0 Å². The highest BCUT2D eigenvalue weighted by Gasteiger charge is 2.02. The van der Waals surface area contributed by atoms with Crippen LogP contribution in [-0.2, 0) is 6.42 Å². The maximum absolute atomic E-state index is 4.23. The Bertz CT molecular complexity index is 245. The lowest BCUT2D eigenvalue weighted by molar-refractivity contribution is 0.870. The molecule has 1 heterocycles. The number of hydrogen-bond donors (Lipinski definition) is 1. The summed E-state index contributed by atoms with van der Waals surface area (Å²) in [6, 6.07) is 0.409. The van der Waals surface area contributed by atoms with E-state index in [2.05, 4.69) is 36.1 Å². The summed E-state index contributed by atoms with van der Waals surface area (Å²) in [7, 11) is 0. The van der Waals surface area contributed by atoms with Crippen LogP contribution in [0.1, 0.15) is 26.5 Å². The lowest BCUT2D eigenvalue weighted by Gasteiger charge is -2.10. The van der Waals surface area contributed by atoms with Crippen LogP contribution in [0.2, 0.25) is 0 Å². The van der Waals surface area contributed by atoms with Gasteiger partial charge in [-0.25, -0.2) is 4.98 Å². The molecule has 1 N–H and O–H groups in total. The molecule has 0 aliphatic rings. The fraction of sp³-hybridized carbons (Fsp3) is 0.556. The minimum Gasteiger partial charge on any atom is -0.366 e. The summed E-state index contributed by atoms with van der Waals surface area (Å²) >= 11 is 0. The zero-order valence-corrected chi connectivity index (χ0v) is 7.83. The first-order valence-electron chi connectivity index (χ1n) is 4.30.